The van der Waals surface area contributed by atoms with Crippen LogP contribution in [0.15, 0.2) is 84.9 Å². The number of hydrogen-bond donors (Lipinski definition) is 0. The van der Waals surface area contributed by atoms with Gasteiger partial charge in [0.2, 0.25) is 6.41 Å². The summed E-state index contributed by atoms with van der Waals surface area (Å²) in [6.07, 6.45) is -0.0745. The molecule has 0 spiro atoms. The Morgan fingerprint density at radius 1 is 0.974 bits per heavy atom. The van der Waals surface area contributed by atoms with Crippen LogP contribution in [0.1, 0.15) is 17.5 Å². The van der Waals surface area contributed by atoms with E-state index >= 15 is 0 Å². The highest BCUT2D eigenvalue weighted by molar-refractivity contribution is 7.54. The van der Waals surface area contributed by atoms with Gasteiger partial charge in [0.15, 0.2) is 6.04 Å². The first-order chi connectivity index (χ1) is 18.3. The third-order valence-electron chi connectivity index (χ3n) is 5.38. The first-order valence-corrected chi connectivity index (χ1v) is 13.3. The van der Waals surface area contributed by atoms with Gasteiger partial charge in [-0.25, -0.2) is 14.4 Å². The van der Waals surface area contributed by atoms with Gasteiger partial charge in [0.1, 0.15) is 19.0 Å². The summed E-state index contributed by atoms with van der Waals surface area (Å²) in [5, 5.41) is 11.6. The van der Waals surface area contributed by atoms with Crippen LogP contribution in [0.4, 0.5) is 5.69 Å². The summed E-state index contributed by atoms with van der Waals surface area (Å²) in [6.45, 7) is -0.213. The molecule has 11 nitrogen and oxygen atoms in total. The van der Waals surface area contributed by atoms with E-state index in [2.05, 4.69) is 0 Å². The minimum Gasteiger partial charge on any atom is -0.459 e. The van der Waals surface area contributed by atoms with Crippen LogP contribution in [0.3, 0.4) is 0 Å². The number of ether oxygens (including phenoxy) is 1. The van der Waals surface area contributed by atoms with E-state index < -0.39 is 24.5 Å². The lowest BCUT2D eigenvalue weighted by Crippen LogP contribution is -2.42. The van der Waals surface area contributed by atoms with Crippen molar-refractivity contribution in [2.75, 3.05) is 13.3 Å². The summed E-state index contributed by atoms with van der Waals surface area (Å²) < 4.78 is 29.4. The monoisotopic (exact) mass is 542 g/mol. The highest BCUT2D eigenvalue weighted by Gasteiger charge is 2.33. The van der Waals surface area contributed by atoms with Crippen molar-refractivity contribution in [3.8, 4) is 5.75 Å². The van der Waals surface area contributed by atoms with Gasteiger partial charge in [-0.3, -0.25) is 19.7 Å². The van der Waals surface area contributed by atoms with Gasteiger partial charge in [0.05, 0.1) is 11.1 Å². The number of nitro groups is 1. The predicted molar refractivity (Wildman–Crippen MR) is 137 cm³/mol. The average Bonchev–Trinajstić information content (AvgIpc) is 2.94. The van der Waals surface area contributed by atoms with Crippen LogP contribution in [0.2, 0.25) is 0 Å². The molecule has 2 atom stereocenters. The fourth-order valence-corrected chi connectivity index (χ4v) is 4.68. The Kier molecular flexibility index (Phi) is 10.5. The molecule has 0 aliphatic carbocycles. The van der Waals surface area contributed by atoms with E-state index in [1.54, 1.807) is 54.6 Å². The summed E-state index contributed by atoms with van der Waals surface area (Å²) in [4.78, 5) is 40.9. The molecule has 12 heteroatoms. The van der Waals surface area contributed by atoms with E-state index in [0.717, 1.165) is 10.6 Å². The van der Waals surface area contributed by atoms with Crippen molar-refractivity contribution in [1.82, 2.24) is 5.06 Å². The zero-order chi connectivity index (χ0) is 27.4. The normalized spacial score (nSPS) is 13.1. The van der Waals surface area contributed by atoms with E-state index in [-0.39, 0.29) is 31.5 Å². The largest absolute Gasteiger partial charge is 0.459 e. The van der Waals surface area contributed by atoms with Gasteiger partial charge in [-0.2, -0.15) is 0 Å². The van der Waals surface area contributed by atoms with Crippen molar-refractivity contribution in [3.05, 3.63) is 106 Å². The zero-order valence-electron chi connectivity index (χ0n) is 20.6. The third-order valence-corrected chi connectivity index (χ3v) is 7.23. The quantitative estimate of drug-likeness (QED) is 0.0863. The smallest absolute Gasteiger partial charge is 0.379 e. The van der Waals surface area contributed by atoms with Crippen molar-refractivity contribution in [2.24, 2.45) is 0 Å². The van der Waals surface area contributed by atoms with Crippen LogP contribution in [0.5, 0.6) is 5.75 Å². The molecule has 0 saturated carbocycles. The van der Waals surface area contributed by atoms with Crippen LogP contribution in [-0.4, -0.2) is 41.7 Å². The van der Waals surface area contributed by atoms with E-state index in [4.69, 9.17) is 18.6 Å². The molecule has 3 aromatic carbocycles. The number of nitrogens with zero attached hydrogens (tertiary/aromatic N) is 2. The van der Waals surface area contributed by atoms with Crippen LogP contribution in [0, 0.1) is 10.1 Å². The van der Waals surface area contributed by atoms with Crippen molar-refractivity contribution < 1.29 is 37.7 Å². The summed E-state index contributed by atoms with van der Waals surface area (Å²) >= 11 is 0. The van der Waals surface area contributed by atoms with Gasteiger partial charge >= 0.3 is 13.6 Å². The molecule has 3 aromatic rings. The van der Waals surface area contributed by atoms with E-state index in [0.29, 0.717) is 17.7 Å². The number of hydrogen-bond acceptors (Lipinski definition) is 9. The second kappa shape index (κ2) is 14.0. The molecular weight excluding hydrogens is 515 g/mol. The number of carbonyl (C=O) groups excluding carboxylic acids is 2. The molecule has 0 heterocycles. The van der Waals surface area contributed by atoms with Crippen LogP contribution < -0.4 is 4.52 Å². The Morgan fingerprint density at radius 2 is 1.58 bits per heavy atom. The van der Waals surface area contributed by atoms with Crippen LogP contribution >= 0.6 is 7.60 Å². The number of rotatable bonds is 15. The number of nitro benzene ring substituents is 1. The molecule has 0 saturated heterocycles. The fourth-order valence-electron chi connectivity index (χ4n) is 3.33. The number of carbonyl (C=O) groups is 2. The lowest BCUT2D eigenvalue weighted by molar-refractivity contribution is -0.384. The van der Waals surface area contributed by atoms with Crippen molar-refractivity contribution >= 4 is 25.7 Å². The Balaban J connectivity index is 1.73. The number of esters is 1. The number of hydroxylamine groups is 2. The van der Waals surface area contributed by atoms with Gasteiger partial charge < -0.3 is 13.8 Å². The number of amides is 1. The topological polar surface area (TPSA) is 135 Å². The summed E-state index contributed by atoms with van der Waals surface area (Å²) in [6, 6.07) is 21.6. The molecule has 0 N–H and O–H groups in total. The Morgan fingerprint density at radius 3 is 2.16 bits per heavy atom. The molecule has 0 aliphatic rings. The van der Waals surface area contributed by atoms with E-state index in [1.807, 2.05) is 6.07 Å². The van der Waals surface area contributed by atoms with Gasteiger partial charge in [0.25, 0.3) is 5.69 Å². The highest BCUT2D eigenvalue weighted by atomic mass is 31.2. The van der Waals surface area contributed by atoms with Gasteiger partial charge in [-0.05, 0) is 41.8 Å². The average molecular weight is 542 g/mol. The summed E-state index contributed by atoms with van der Waals surface area (Å²) in [7, 11) is -2.47. The second-order valence-corrected chi connectivity index (χ2v) is 10.2. The maximum atomic E-state index is 13.2. The molecule has 1 amide bonds. The number of para-hydroxylation sites is 1. The maximum Gasteiger partial charge on any atom is 0.379 e. The maximum absolute atomic E-state index is 13.2. The van der Waals surface area contributed by atoms with Crippen molar-refractivity contribution in [1.29, 1.82) is 0 Å². The van der Waals surface area contributed by atoms with Crippen molar-refractivity contribution in [3.63, 3.8) is 0 Å². The standard InChI is InChI=1S/C26H27N2O9P/c1-34-38(33,37-24-10-6-3-7-11-24)17-16-25(26(30)35-18-21-8-4-2-5-9-21)27(20-29)36-19-22-12-14-23(15-13-22)28(31)32/h2-15,20,25H,16-19H2,1H3. The molecule has 2 unspecified atom stereocenters. The lowest BCUT2D eigenvalue weighted by Gasteiger charge is -2.27. The number of benzene rings is 3. The first kappa shape index (κ1) is 28.5. The summed E-state index contributed by atoms with van der Waals surface area (Å²) in [5.41, 5.74) is 1.16. The van der Waals surface area contributed by atoms with Gasteiger partial charge in [-0.1, -0.05) is 48.5 Å². The number of non-ortho nitro benzene ring substituents is 1. The fraction of sp³-hybridized carbons (Fsp3) is 0.231. The minimum absolute atomic E-state index is 0.0479. The first-order valence-electron chi connectivity index (χ1n) is 11.5. The van der Waals surface area contributed by atoms with Crippen LogP contribution in [-0.2, 0) is 41.5 Å². The molecule has 0 aromatic heterocycles. The minimum atomic E-state index is -3.70. The third kappa shape index (κ3) is 8.52. The molecule has 0 aliphatic heterocycles. The van der Waals surface area contributed by atoms with E-state index in [1.165, 1.54) is 31.4 Å². The molecule has 0 fully saturated rings. The van der Waals surface area contributed by atoms with Gasteiger partial charge in [0, 0.05) is 19.2 Å². The van der Waals surface area contributed by atoms with Crippen LogP contribution in [0.25, 0.3) is 0 Å². The predicted octanol–water partition coefficient (Wildman–Crippen LogP) is 4.91. The zero-order valence-corrected chi connectivity index (χ0v) is 21.5. The second-order valence-electron chi connectivity index (χ2n) is 7.98. The molecule has 38 heavy (non-hydrogen) atoms. The molecule has 200 valence electrons. The Hall–Kier alpha value is -4.05. The van der Waals surface area contributed by atoms with E-state index in [9.17, 15) is 24.3 Å². The molecule has 3 rings (SSSR count). The lowest BCUT2D eigenvalue weighted by atomic mass is 10.2. The van der Waals surface area contributed by atoms with Gasteiger partial charge in [-0.15, -0.1) is 0 Å². The molecule has 0 radical (unpaired) electrons. The summed E-state index contributed by atoms with van der Waals surface area (Å²) in [5.74, 6) is -0.463. The molecular formula is C26H27N2O9P. The SMILES string of the molecule is COP(=O)(CCC(C(=O)OCc1ccccc1)N(C=O)OCc1ccc([N+](=O)[O-])cc1)Oc1ccccc1. The Bertz CT molecular complexity index is 1240. The highest BCUT2D eigenvalue weighted by Crippen LogP contribution is 2.48. The van der Waals surface area contributed by atoms with Crippen molar-refractivity contribution in [2.45, 2.75) is 25.7 Å². The molecule has 0 bridgehead atoms. The Labute approximate surface area is 219 Å².